The van der Waals surface area contributed by atoms with E-state index in [9.17, 15) is 18.3 Å². The molecule has 1 aromatic heterocycles. The SMILES string of the molecule is CN(Cc1ccccc1O)S(=O)(=O)c1ccc(C(=O)O)o1. The average Bonchev–Trinajstić information content (AvgIpc) is 2.91. The summed E-state index contributed by atoms with van der Waals surface area (Å²) in [6, 6.07) is 8.49. The molecule has 0 spiro atoms. The Morgan fingerprint density at radius 1 is 1.24 bits per heavy atom. The number of hydrogen-bond acceptors (Lipinski definition) is 5. The van der Waals surface area contributed by atoms with E-state index in [1.807, 2.05) is 0 Å². The van der Waals surface area contributed by atoms with Gasteiger partial charge in [-0.1, -0.05) is 18.2 Å². The molecule has 0 saturated carbocycles. The number of carbonyl (C=O) groups is 1. The molecule has 1 heterocycles. The summed E-state index contributed by atoms with van der Waals surface area (Å²) < 4.78 is 30.3. The average molecular weight is 311 g/mol. The van der Waals surface area contributed by atoms with Crippen molar-refractivity contribution in [2.75, 3.05) is 7.05 Å². The van der Waals surface area contributed by atoms with Crippen LogP contribution in [-0.4, -0.2) is 36.0 Å². The maximum Gasteiger partial charge on any atom is 0.371 e. The summed E-state index contributed by atoms with van der Waals surface area (Å²) in [6.07, 6.45) is 0. The summed E-state index contributed by atoms with van der Waals surface area (Å²) in [6.45, 7) is -0.0713. The molecular formula is C13H13NO6S. The van der Waals surface area contributed by atoms with Crippen LogP contribution in [0.15, 0.2) is 45.9 Å². The zero-order valence-corrected chi connectivity index (χ0v) is 11.9. The topological polar surface area (TPSA) is 108 Å². The first-order chi connectivity index (χ1) is 9.82. The molecule has 0 amide bonds. The molecule has 0 saturated heterocycles. The minimum Gasteiger partial charge on any atom is -0.508 e. The van der Waals surface area contributed by atoms with E-state index in [0.717, 1.165) is 16.4 Å². The molecule has 0 atom stereocenters. The molecular weight excluding hydrogens is 298 g/mol. The van der Waals surface area contributed by atoms with Crippen LogP contribution in [0, 0.1) is 0 Å². The van der Waals surface area contributed by atoms with Gasteiger partial charge in [0.25, 0.3) is 10.0 Å². The number of hydrogen-bond donors (Lipinski definition) is 2. The fourth-order valence-electron chi connectivity index (χ4n) is 1.70. The van der Waals surface area contributed by atoms with Crippen LogP contribution in [0.5, 0.6) is 5.75 Å². The molecule has 2 aromatic rings. The third-order valence-corrected chi connectivity index (χ3v) is 4.52. The molecule has 1 aromatic carbocycles. The van der Waals surface area contributed by atoms with Crippen LogP contribution >= 0.6 is 0 Å². The van der Waals surface area contributed by atoms with Crippen molar-refractivity contribution in [3.8, 4) is 5.75 Å². The Bertz CT molecular complexity index is 764. The van der Waals surface area contributed by atoms with Crippen LogP contribution in [0.2, 0.25) is 0 Å². The molecule has 0 bridgehead atoms. The number of aromatic carboxylic acids is 1. The molecule has 112 valence electrons. The number of furan rings is 1. The Morgan fingerprint density at radius 2 is 1.90 bits per heavy atom. The van der Waals surface area contributed by atoms with Crippen molar-refractivity contribution in [2.45, 2.75) is 11.6 Å². The fraction of sp³-hybridized carbons (Fsp3) is 0.154. The van der Waals surface area contributed by atoms with Crippen molar-refractivity contribution in [3.05, 3.63) is 47.7 Å². The lowest BCUT2D eigenvalue weighted by atomic mass is 10.2. The van der Waals surface area contributed by atoms with Gasteiger partial charge in [0.1, 0.15) is 5.75 Å². The van der Waals surface area contributed by atoms with E-state index in [4.69, 9.17) is 9.52 Å². The Labute approximate surface area is 121 Å². The highest BCUT2D eigenvalue weighted by Gasteiger charge is 2.26. The van der Waals surface area contributed by atoms with E-state index in [2.05, 4.69) is 0 Å². The highest BCUT2D eigenvalue weighted by atomic mass is 32.2. The van der Waals surface area contributed by atoms with Crippen LogP contribution in [-0.2, 0) is 16.6 Å². The number of carboxylic acid groups (broad SMARTS) is 1. The summed E-state index contributed by atoms with van der Waals surface area (Å²) in [5.41, 5.74) is 0.425. The van der Waals surface area contributed by atoms with Crippen molar-refractivity contribution in [1.29, 1.82) is 0 Å². The molecule has 2 N–H and O–H groups in total. The number of carboxylic acids is 1. The van der Waals surface area contributed by atoms with E-state index in [1.54, 1.807) is 18.2 Å². The zero-order valence-electron chi connectivity index (χ0n) is 11.1. The molecule has 0 aliphatic rings. The predicted molar refractivity (Wildman–Crippen MR) is 72.4 cm³/mol. The monoisotopic (exact) mass is 311 g/mol. The number of phenolic OH excluding ortho intramolecular Hbond substituents is 1. The first-order valence-electron chi connectivity index (χ1n) is 5.88. The molecule has 2 rings (SSSR count). The molecule has 0 unspecified atom stereocenters. The van der Waals surface area contributed by atoms with E-state index >= 15 is 0 Å². The third kappa shape index (κ3) is 3.06. The number of rotatable bonds is 5. The van der Waals surface area contributed by atoms with Gasteiger partial charge in [-0.3, -0.25) is 0 Å². The quantitative estimate of drug-likeness (QED) is 0.866. The zero-order chi connectivity index (χ0) is 15.6. The lowest BCUT2D eigenvalue weighted by Gasteiger charge is -2.16. The van der Waals surface area contributed by atoms with Gasteiger partial charge in [-0.15, -0.1) is 0 Å². The standard InChI is InChI=1S/C13H13NO6S/c1-14(8-9-4-2-3-5-10(9)15)21(18,19)12-7-6-11(20-12)13(16)17/h2-7,15H,8H2,1H3,(H,16,17). The molecule has 21 heavy (non-hydrogen) atoms. The first-order valence-corrected chi connectivity index (χ1v) is 7.32. The second-order valence-electron chi connectivity index (χ2n) is 4.31. The van der Waals surface area contributed by atoms with Gasteiger partial charge in [0.05, 0.1) is 0 Å². The minimum absolute atomic E-state index is 0.0229. The highest BCUT2D eigenvalue weighted by Crippen LogP contribution is 2.22. The summed E-state index contributed by atoms with van der Waals surface area (Å²) in [5.74, 6) is -1.82. The normalized spacial score (nSPS) is 11.7. The Morgan fingerprint density at radius 3 is 2.48 bits per heavy atom. The van der Waals surface area contributed by atoms with Crippen LogP contribution < -0.4 is 0 Å². The van der Waals surface area contributed by atoms with Crippen LogP contribution in [0.1, 0.15) is 16.1 Å². The Kier molecular flexibility index (Phi) is 4.01. The molecule has 8 heteroatoms. The third-order valence-electron chi connectivity index (χ3n) is 2.84. The number of benzene rings is 1. The second kappa shape index (κ2) is 5.58. The second-order valence-corrected chi connectivity index (χ2v) is 6.29. The van der Waals surface area contributed by atoms with E-state index in [0.29, 0.717) is 5.56 Å². The number of sulfonamides is 1. The van der Waals surface area contributed by atoms with Gasteiger partial charge in [0, 0.05) is 19.2 Å². The first kappa shape index (κ1) is 15.1. The lowest BCUT2D eigenvalue weighted by molar-refractivity contribution is 0.0656. The van der Waals surface area contributed by atoms with Gasteiger partial charge >= 0.3 is 5.97 Å². The van der Waals surface area contributed by atoms with Gasteiger partial charge in [0.2, 0.25) is 10.9 Å². The van der Waals surface area contributed by atoms with Crippen molar-refractivity contribution in [2.24, 2.45) is 0 Å². The summed E-state index contributed by atoms with van der Waals surface area (Å²) in [5, 5.41) is 17.9. The number of para-hydroxylation sites is 1. The van der Waals surface area contributed by atoms with Crippen molar-refractivity contribution < 1.29 is 27.8 Å². The van der Waals surface area contributed by atoms with Crippen LogP contribution in [0.4, 0.5) is 0 Å². The largest absolute Gasteiger partial charge is 0.508 e. The van der Waals surface area contributed by atoms with Crippen LogP contribution in [0.25, 0.3) is 0 Å². The molecule has 0 fully saturated rings. The van der Waals surface area contributed by atoms with Gasteiger partial charge in [0.15, 0.2) is 0 Å². The Balaban J connectivity index is 2.26. The van der Waals surface area contributed by atoms with Crippen molar-refractivity contribution in [3.63, 3.8) is 0 Å². The number of aromatic hydroxyl groups is 1. The van der Waals surface area contributed by atoms with Gasteiger partial charge in [-0.2, -0.15) is 4.31 Å². The van der Waals surface area contributed by atoms with Gasteiger partial charge in [-0.05, 0) is 18.2 Å². The van der Waals surface area contributed by atoms with E-state index < -0.39 is 26.8 Å². The van der Waals surface area contributed by atoms with Crippen molar-refractivity contribution >= 4 is 16.0 Å². The smallest absolute Gasteiger partial charge is 0.371 e. The van der Waals surface area contributed by atoms with E-state index in [1.165, 1.54) is 13.1 Å². The maximum atomic E-state index is 12.2. The fourth-order valence-corrected chi connectivity index (χ4v) is 2.75. The highest BCUT2D eigenvalue weighted by molar-refractivity contribution is 7.88. The van der Waals surface area contributed by atoms with Crippen molar-refractivity contribution in [1.82, 2.24) is 4.31 Å². The Hall–Kier alpha value is -2.32. The summed E-state index contributed by atoms with van der Waals surface area (Å²) >= 11 is 0. The molecule has 0 radical (unpaired) electrons. The number of nitrogens with zero attached hydrogens (tertiary/aromatic N) is 1. The summed E-state index contributed by atoms with van der Waals surface area (Å²) in [4.78, 5) is 10.7. The lowest BCUT2D eigenvalue weighted by Crippen LogP contribution is -2.26. The van der Waals surface area contributed by atoms with E-state index in [-0.39, 0.29) is 12.3 Å². The molecule has 7 nitrogen and oxygen atoms in total. The van der Waals surface area contributed by atoms with Gasteiger partial charge in [-0.25, -0.2) is 13.2 Å². The minimum atomic E-state index is -3.97. The molecule has 0 aliphatic carbocycles. The van der Waals surface area contributed by atoms with Gasteiger partial charge < -0.3 is 14.6 Å². The number of phenols is 1. The van der Waals surface area contributed by atoms with Crippen LogP contribution in [0.3, 0.4) is 0 Å². The molecule has 0 aliphatic heterocycles. The maximum absolute atomic E-state index is 12.2. The predicted octanol–water partition coefficient (Wildman–Crippen LogP) is 1.50. The summed E-state index contributed by atoms with van der Waals surface area (Å²) in [7, 11) is -2.66.